The van der Waals surface area contributed by atoms with Gasteiger partial charge in [-0.25, -0.2) is 4.98 Å². The van der Waals surface area contributed by atoms with E-state index < -0.39 is 0 Å². The van der Waals surface area contributed by atoms with Crippen LogP contribution >= 0.6 is 44.1 Å². The van der Waals surface area contributed by atoms with Crippen LogP contribution in [0.2, 0.25) is 0 Å². The molecule has 0 amide bonds. The lowest BCUT2D eigenvalue weighted by Crippen LogP contribution is -2.11. The van der Waals surface area contributed by atoms with Crippen LogP contribution in [-0.2, 0) is 0 Å². The first-order valence-electron chi connectivity index (χ1n) is 4.96. The highest BCUT2D eigenvalue weighted by Crippen LogP contribution is 2.31. The van der Waals surface area contributed by atoms with Crippen LogP contribution in [0.5, 0.6) is 11.6 Å². The van der Waals surface area contributed by atoms with Crippen molar-refractivity contribution in [2.24, 2.45) is 5.73 Å². The minimum absolute atomic E-state index is 0.246. The summed E-state index contributed by atoms with van der Waals surface area (Å²) in [5, 5.41) is 0. The molecule has 1 aromatic heterocycles. The Kier molecular flexibility index (Phi) is 4.31. The zero-order valence-electron chi connectivity index (χ0n) is 9.06. The smallest absolute Gasteiger partial charge is 0.219 e. The van der Waals surface area contributed by atoms with Crippen molar-refractivity contribution >= 4 is 49.1 Å². The number of rotatable bonds is 3. The second-order valence-electron chi connectivity index (χ2n) is 3.40. The van der Waals surface area contributed by atoms with E-state index in [1.54, 1.807) is 18.2 Å². The van der Waals surface area contributed by atoms with Crippen LogP contribution in [0, 0.1) is 0 Å². The number of pyridine rings is 1. The predicted octanol–water partition coefficient (Wildman–Crippen LogP) is 4.03. The number of halogens is 2. The van der Waals surface area contributed by atoms with Gasteiger partial charge in [-0.3, -0.25) is 0 Å². The maximum absolute atomic E-state index is 5.66. The lowest BCUT2D eigenvalue weighted by molar-refractivity contribution is 0.460. The molecule has 0 saturated carbocycles. The molecule has 0 aliphatic rings. The molecule has 0 spiro atoms. The Labute approximate surface area is 127 Å². The number of nitrogens with two attached hydrogens (primary N) is 1. The predicted molar refractivity (Wildman–Crippen MR) is 82.0 cm³/mol. The van der Waals surface area contributed by atoms with Crippen LogP contribution in [0.25, 0.3) is 0 Å². The van der Waals surface area contributed by atoms with Gasteiger partial charge in [0.1, 0.15) is 16.4 Å². The molecule has 2 aromatic rings. The highest BCUT2D eigenvalue weighted by atomic mass is 79.9. The molecule has 18 heavy (non-hydrogen) atoms. The molecular weight excluding hydrogens is 380 g/mol. The van der Waals surface area contributed by atoms with Gasteiger partial charge in [0.25, 0.3) is 0 Å². The van der Waals surface area contributed by atoms with Crippen molar-refractivity contribution in [2.45, 2.75) is 0 Å². The first kappa shape index (κ1) is 13.5. The van der Waals surface area contributed by atoms with Crippen LogP contribution in [0.3, 0.4) is 0 Å². The number of benzene rings is 1. The van der Waals surface area contributed by atoms with Gasteiger partial charge in [-0.05, 0) is 40.2 Å². The molecule has 0 unspecified atom stereocenters. The van der Waals surface area contributed by atoms with Gasteiger partial charge < -0.3 is 10.5 Å². The standard InChI is InChI=1S/C12H8Br2N2OS/c13-7-4-5-10(8(14)6-7)17-11-3-1-2-9(16-11)12(15)18/h1-6H,(H2,15,18). The van der Waals surface area contributed by atoms with E-state index in [2.05, 4.69) is 36.8 Å². The molecule has 0 bridgehead atoms. The molecule has 3 nitrogen and oxygen atoms in total. The number of nitrogens with zero attached hydrogens (tertiary/aromatic N) is 1. The quantitative estimate of drug-likeness (QED) is 0.807. The van der Waals surface area contributed by atoms with E-state index in [1.165, 1.54) is 0 Å². The summed E-state index contributed by atoms with van der Waals surface area (Å²) in [4.78, 5) is 4.46. The monoisotopic (exact) mass is 386 g/mol. The van der Waals surface area contributed by atoms with E-state index in [9.17, 15) is 0 Å². The summed E-state index contributed by atoms with van der Waals surface area (Å²) in [5.74, 6) is 1.12. The van der Waals surface area contributed by atoms with Crippen LogP contribution in [0.4, 0.5) is 0 Å². The van der Waals surface area contributed by atoms with Crippen molar-refractivity contribution in [3.8, 4) is 11.6 Å². The van der Waals surface area contributed by atoms with E-state index in [4.69, 9.17) is 22.7 Å². The second-order valence-corrected chi connectivity index (χ2v) is 5.61. The number of thiocarbonyl (C=S) groups is 1. The summed E-state index contributed by atoms with van der Waals surface area (Å²) in [5.41, 5.74) is 6.06. The average Bonchev–Trinajstić information content (AvgIpc) is 2.33. The number of hydrogen-bond donors (Lipinski definition) is 1. The lowest BCUT2D eigenvalue weighted by Gasteiger charge is -2.08. The molecule has 92 valence electrons. The molecule has 0 atom stereocenters. The van der Waals surface area contributed by atoms with E-state index >= 15 is 0 Å². The SMILES string of the molecule is NC(=S)c1cccc(Oc2ccc(Br)cc2Br)n1. The number of hydrogen-bond acceptors (Lipinski definition) is 3. The molecule has 0 fully saturated rings. The molecule has 1 heterocycles. The summed E-state index contributed by atoms with van der Waals surface area (Å²) in [6, 6.07) is 10.9. The average molecular weight is 388 g/mol. The molecule has 2 N–H and O–H groups in total. The Morgan fingerprint density at radius 1 is 1.22 bits per heavy atom. The fourth-order valence-electron chi connectivity index (χ4n) is 1.28. The lowest BCUT2D eigenvalue weighted by atomic mass is 10.3. The molecule has 0 aliphatic carbocycles. The fourth-order valence-corrected chi connectivity index (χ4v) is 2.52. The Morgan fingerprint density at radius 3 is 2.67 bits per heavy atom. The Morgan fingerprint density at radius 2 is 2.00 bits per heavy atom. The maximum atomic E-state index is 5.66. The van der Waals surface area contributed by atoms with Gasteiger partial charge in [0.05, 0.1) is 4.47 Å². The molecule has 0 saturated heterocycles. The van der Waals surface area contributed by atoms with Crippen LogP contribution in [-0.4, -0.2) is 9.97 Å². The normalized spacial score (nSPS) is 10.1. The van der Waals surface area contributed by atoms with E-state index in [0.717, 1.165) is 8.95 Å². The summed E-state index contributed by atoms with van der Waals surface area (Å²) in [6.45, 7) is 0. The minimum atomic E-state index is 0.246. The second kappa shape index (κ2) is 5.77. The molecular formula is C12H8Br2N2OS. The highest BCUT2D eigenvalue weighted by Gasteiger charge is 2.06. The minimum Gasteiger partial charge on any atom is -0.438 e. The largest absolute Gasteiger partial charge is 0.438 e. The first-order valence-corrected chi connectivity index (χ1v) is 6.95. The van der Waals surface area contributed by atoms with Crippen molar-refractivity contribution < 1.29 is 4.74 Å². The van der Waals surface area contributed by atoms with Crippen LogP contribution < -0.4 is 10.5 Å². The fraction of sp³-hybridized carbons (Fsp3) is 0. The highest BCUT2D eigenvalue weighted by molar-refractivity contribution is 9.11. The number of ether oxygens (including phenoxy) is 1. The summed E-state index contributed by atoms with van der Waals surface area (Å²) in [7, 11) is 0. The van der Waals surface area contributed by atoms with Crippen molar-refractivity contribution in [3.05, 3.63) is 51.0 Å². The third-order valence-electron chi connectivity index (χ3n) is 2.08. The number of aromatic nitrogens is 1. The Bertz CT molecular complexity index is 604. The van der Waals surface area contributed by atoms with Gasteiger partial charge in [0.15, 0.2) is 0 Å². The Balaban J connectivity index is 2.28. The van der Waals surface area contributed by atoms with Crippen molar-refractivity contribution in [2.75, 3.05) is 0 Å². The molecule has 1 aromatic carbocycles. The van der Waals surface area contributed by atoms with E-state index in [-0.39, 0.29) is 4.99 Å². The third kappa shape index (κ3) is 3.28. The molecule has 6 heteroatoms. The van der Waals surface area contributed by atoms with E-state index in [1.807, 2.05) is 18.2 Å². The molecule has 2 rings (SSSR count). The third-order valence-corrected chi connectivity index (χ3v) is 3.41. The zero-order chi connectivity index (χ0) is 13.1. The zero-order valence-corrected chi connectivity index (χ0v) is 13.0. The molecule has 0 aliphatic heterocycles. The van der Waals surface area contributed by atoms with Gasteiger partial charge in [-0.15, -0.1) is 0 Å². The van der Waals surface area contributed by atoms with Gasteiger partial charge in [0, 0.05) is 10.5 Å². The van der Waals surface area contributed by atoms with Crippen molar-refractivity contribution in [1.82, 2.24) is 4.98 Å². The molecule has 0 radical (unpaired) electrons. The first-order chi connectivity index (χ1) is 8.56. The van der Waals surface area contributed by atoms with Crippen molar-refractivity contribution in [1.29, 1.82) is 0 Å². The summed E-state index contributed by atoms with van der Waals surface area (Å²) >= 11 is 11.7. The van der Waals surface area contributed by atoms with Gasteiger partial charge in [-0.1, -0.05) is 34.2 Å². The van der Waals surface area contributed by atoms with Crippen molar-refractivity contribution in [3.63, 3.8) is 0 Å². The summed E-state index contributed by atoms with van der Waals surface area (Å²) < 4.78 is 7.46. The summed E-state index contributed by atoms with van der Waals surface area (Å²) in [6.07, 6.45) is 0. The Hall–Kier alpha value is -0.980. The van der Waals surface area contributed by atoms with Gasteiger partial charge in [0.2, 0.25) is 5.88 Å². The topological polar surface area (TPSA) is 48.1 Å². The maximum Gasteiger partial charge on any atom is 0.219 e. The van der Waals surface area contributed by atoms with Gasteiger partial charge in [-0.2, -0.15) is 0 Å². The van der Waals surface area contributed by atoms with Gasteiger partial charge >= 0.3 is 0 Å². The van der Waals surface area contributed by atoms with Crippen LogP contribution in [0.1, 0.15) is 5.69 Å². The van der Waals surface area contributed by atoms with Crippen LogP contribution in [0.15, 0.2) is 45.3 Å². The van der Waals surface area contributed by atoms with E-state index in [0.29, 0.717) is 17.3 Å².